The summed E-state index contributed by atoms with van der Waals surface area (Å²) in [6.07, 6.45) is 5.40. The van der Waals surface area contributed by atoms with E-state index in [9.17, 15) is 4.79 Å². The summed E-state index contributed by atoms with van der Waals surface area (Å²) in [6, 6.07) is 16.9. The van der Waals surface area contributed by atoms with Crippen LogP contribution in [0.1, 0.15) is 43.4 Å². The molecule has 2 aliphatic rings. The number of nitrogens with one attached hydrogen (secondary N) is 1. The number of amides is 1. The van der Waals surface area contributed by atoms with E-state index >= 15 is 0 Å². The maximum atomic E-state index is 13.0. The highest BCUT2D eigenvalue weighted by atomic mass is 16.5. The predicted octanol–water partition coefficient (Wildman–Crippen LogP) is 4.51. The molecule has 0 spiro atoms. The van der Waals surface area contributed by atoms with Crippen LogP contribution in [0.4, 0.5) is 0 Å². The van der Waals surface area contributed by atoms with Gasteiger partial charge < -0.3 is 15.0 Å². The van der Waals surface area contributed by atoms with E-state index in [0.717, 1.165) is 38.2 Å². The van der Waals surface area contributed by atoms with Gasteiger partial charge in [-0.1, -0.05) is 50.2 Å². The van der Waals surface area contributed by atoms with Crippen molar-refractivity contribution in [3.63, 3.8) is 0 Å². The molecule has 1 N–H and O–H groups in total. The zero-order valence-electron chi connectivity index (χ0n) is 19.7. The first-order chi connectivity index (χ1) is 15.6. The van der Waals surface area contributed by atoms with Crippen LogP contribution in [0.5, 0.6) is 5.75 Å². The molecule has 1 fully saturated rings. The second kappa shape index (κ2) is 11.0. The number of aryl methyl sites for hydroxylation is 2. The second-order valence-electron chi connectivity index (χ2n) is 10.0. The third-order valence-corrected chi connectivity index (χ3v) is 6.72. The lowest BCUT2D eigenvalue weighted by atomic mass is 9.88. The molecule has 0 aromatic heterocycles. The Bertz CT molecular complexity index is 880. The highest BCUT2D eigenvalue weighted by molar-refractivity contribution is 5.79. The van der Waals surface area contributed by atoms with Crippen LogP contribution in [0, 0.1) is 17.8 Å². The van der Waals surface area contributed by atoms with Gasteiger partial charge in [-0.3, -0.25) is 4.79 Å². The highest BCUT2D eigenvalue weighted by Crippen LogP contribution is 2.28. The summed E-state index contributed by atoms with van der Waals surface area (Å²) in [5, 5.41) is 3.19. The van der Waals surface area contributed by atoms with Crippen molar-refractivity contribution in [3.05, 3.63) is 65.2 Å². The van der Waals surface area contributed by atoms with Crippen LogP contribution in [0.3, 0.4) is 0 Å². The Kier molecular flexibility index (Phi) is 7.85. The maximum absolute atomic E-state index is 13.0. The Balaban J connectivity index is 1.31. The Morgan fingerprint density at radius 1 is 1.09 bits per heavy atom. The lowest BCUT2D eigenvalue weighted by Gasteiger charge is -2.38. The van der Waals surface area contributed by atoms with E-state index in [4.69, 9.17) is 4.74 Å². The van der Waals surface area contributed by atoms with Gasteiger partial charge in [0, 0.05) is 32.1 Å². The minimum atomic E-state index is 0.0342. The molecule has 2 atom stereocenters. The lowest BCUT2D eigenvalue weighted by Crippen LogP contribution is -2.48. The van der Waals surface area contributed by atoms with E-state index in [1.165, 1.54) is 36.0 Å². The van der Waals surface area contributed by atoms with E-state index in [0.29, 0.717) is 25.0 Å². The Labute approximate surface area is 193 Å². The zero-order valence-corrected chi connectivity index (χ0v) is 19.7. The average molecular weight is 435 g/mol. The monoisotopic (exact) mass is 434 g/mol. The number of rotatable bonds is 9. The van der Waals surface area contributed by atoms with Gasteiger partial charge in [-0.05, 0) is 66.8 Å². The fraction of sp³-hybridized carbons (Fsp3) is 0.536. The Morgan fingerprint density at radius 3 is 2.72 bits per heavy atom. The molecule has 1 aliphatic heterocycles. The number of nitrogens with zero attached hydrogens (tertiary/aromatic N) is 1. The SMILES string of the molecule is CC(C)CN1C[C@@H](COc2ccc3c(c2)CCC3)C[C@@H](C(=O)NCCc2ccccc2)C1. The highest BCUT2D eigenvalue weighted by Gasteiger charge is 2.32. The normalized spacial score (nSPS) is 20.8. The van der Waals surface area contributed by atoms with Crippen LogP contribution in [0.15, 0.2) is 48.5 Å². The standard InChI is InChI=1S/C28H38N2O2/c1-21(2)17-30-18-23(20-32-27-12-11-24-9-6-10-25(24)16-27)15-26(19-30)28(31)29-14-13-22-7-4-3-5-8-22/h3-5,7-8,11-12,16,21,23,26H,6,9-10,13-15,17-20H2,1-2H3,(H,29,31)/t23-,26+/m0/s1. The number of hydrogen-bond donors (Lipinski definition) is 1. The van der Waals surface area contributed by atoms with Gasteiger partial charge >= 0.3 is 0 Å². The van der Waals surface area contributed by atoms with Gasteiger partial charge in [0.1, 0.15) is 5.75 Å². The Hall–Kier alpha value is -2.33. The molecule has 0 radical (unpaired) electrons. The molecule has 172 valence electrons. The fourth-order valence-corrected chi connectivity index (χ4v) is 5.25. The maximum Gasteiger partial charge on any atom is 0.224 e. The van der Waals surface area contributed by atoms with E-state index < -0.39 is 0 Å². The molecule has 1 amide bonds. The molecule has 4 rings (SSSR count). The van der Waals surface area contributed by atoms with Crippen LogP contribution < -0.4 is 10.1 Å². The second-order valence-corrected chi connectivity index (χ2v) is 10.0. The number of fused-ring (bicyclic) bond motifs is 1. The minimum absolute atomic E-state index is 0.0342. The van der Waals surface area contributed by atoms with Crippen molar-refractivity contribution in [2.45, 2.75) is 46.0 Å². The zero-order chi connectivity index (χ0) is 22.3. The largest absolute Gasteiger partial charge is 0.493 e. The topological polar surface area (TPSA) is 41.6 Å². The van der Waals surface area contributed by atoms with E-state index in [1.807, 2.05) is 18.2 Å². The summed E-state index contributed by atoms with van der Waals surface area (Å²) >= 11 is 0. The molecule has 0 bridgehead atoms. The molecule has 32 heavy (non-hydrogen) atoms. The summed E-state index contributed by atoms with van der Waals surface area (Å²) in [5.74, 6) is 2.17. The van der Waals surface area contributed by atoms with E-state index in [2.05, 4.69) is 54.4 Å². The minimum Gasteiger partial charge on any atom is -0.493 e. The molecule has 1 aliphatic carbocycles. The number of ether oxygens (including phenoxy) is 1. The van der Waals surface area contributed by atoms with E-state index in [-0.39, 0.29) is 11.8 Å². The molecule has 2 aromatic carbocycles. The third-order valence-electron chi connectivity index (χ3n) is 6.72. The van der Waals surface area contributed by atoms with Crippen LogP contribution in [0.2, 0.25) is 0 Å². The summed E-state index contributed by atoms with van der Waals surface area (Å²) in [7, 11) is 0. The quantitative estimate of drug-likeness (QED) is 0.631. The molecular weight excluding hydrogens is 396 g/mol. The van der Waals surface area contributed by atoms with Crippen LogP contribution in [-0.4, -0.2) is 43.6 Å². The number of carbonyl (C=O) groups excluding carboxylic acids is 1. The van der Waals surface area contributed by atoms with Crippen molar-refractivity contribution in [2.75, 3.05) is 32.8 Å². The predicted molar refractivity (Wildman–Crippen MR) is 130 cm³/mol. The first-order valence-electron chi connectivity index (χ1n) is 12.4. The lowest BCUT2D eigenvalue weighted by molar-refractivity contribution is -0.127. The van der Waals surface area contributed by atoms with Crippen molar-refractivity contribution in [1.82, 2.24) is 10.2 Å². The third kappa shape index (κ3) is 6.35. The molecule has 4 heteroatoms. The number of hydrogen-bond acceptors (Lipinski definition) is 3. The van der Waals surface area contributed by atoms with Gasteiger partial charge in [-0.15, -0.1) is 0 Å². The first-order valence-corrected chi connectivity index (χ1v) is 12.4. The van der Waals surface area contributed by atoms with Gasteiger partial charge in [0.2, 0.25) is 5.91 Å². The smallest absolute Gasteiger partial charge is 0.224 e. The molecule has 2 aromatic rings. The molecule has 0 saturated carbocycles. The summed E-state index contributed by atoms with van der Waals surface area (Å²) < 4.78 is 6.23. The van der Waals surface area contributed by atoms with Crippen molar-refractivity contribution < 1.29 is 9.53 Å². The van der Waals surface area contributed by atoms with E-state index in [1.54, 1.807) is 0 Å². The summed E-state index contributed by atoms with van der Waals surface area (Å²) in [4.78, 5) is 15.5. The first kappa shape index (κ1) is 22.8. The molecular formula is C28H38N2O2. The fourth-order valence-electron chi connectivity index (χ4n) is 5.25. The van der Waals surface area contributed by atoms with Gasteiger partial charge in [0.25, 0.3) is 0 Å². The summed E-state index contributed by atoms with van der Waals surface area (Å²) in [5.41, 5.74) is 4.19. The molecule has 0 unspecified atom stereocenters. The van der Waals surface area contributed by atoms with Gasteiger partial charge in [0.15, 0.2) is 0 Å². The number of benzene rings is 2. The van der Waals surface area contributed by atoms with Crippen molar-refractivity contribution in [3.8, 4) is 5.75 Å². The number of likely N-dealkylation sites (tertiary alicyclic amines) is 1. The molecule has 1 heterocycles. The Morgan fingerprint density at radius 2 is 1.91 bits per heavy atom. The van der Waals surface area contributed by atoms with Crippen LogP contribution >= 0.6 is 0 Å². The number of piperidine rings is 1. The van der Waals surface area contributed by atoms with Crippen LogP contribution in [-0.2, 0) is 24.1 Å². The molecule has 1 saturated heterocycles. The van der Waals surface area contributed by atoms with Crippen molar-refractivity contribution >= 4 is 5.91 Å². The van der Waals surface area contributed by atoms with Gasteiger partial charge in [0.05, 0.1) is 12.5 Å². The van der Waals surface area contributed by atoms with Gasteiger partial charge in [-0.25, -0.2) is 0 Å². The van der Waals surface area contributed by atoms with Crippen molar-refractivity contribution in [2.24, 2.45) is 17.8 Å². The number of carbonyl (C=O) groups is 1. The summed E-state index contributed by atoms with van der Waals surface area (Å²) in [6.45, 7) is 8.77. The molecule has 4 nitrogen and oxygen atoms in total. The average Bonchev–Trinajstić information content (AvgIpc) is 3.26. The van der Waals surface area contributed by atoms with Crippen LogP contribution in [0.25, 0.3) is 0 Å². The van der Waals surface area contributed by atoms with Crippen molar-refractivity contribution in [1.29, 1.82) is 0 Å². The van der Waals surface area contributed by atoms with Gasteiger partial charge in [-0.2, -0.15) is 0 Å².